The van der Waals surface area contributed by atoms with Crippen molar-refractivity contribution in [3.63, 3.8) is 0 Å². The molecule has 1 amide bonds. The lowest BCUT2D eigenvalue weighted by Crippen LogP contribution is -2.44. The number of thiazole rings is 1. The highest BCUT2D eigenvalue weighted by Crippen LogP contribution is 2.41. The van der Waals surface area contributed by atoms with Gasteiger partial charge in [-0.3, -0.25) is 9.59 Å². The first-order chi connectivity index (χ1) is 13.4. The molecule has 0 aliphatic heterocycles. The number of rotatable bonds is 6. The van der Waals surface area contributed by atoms with E-state index in [0.717, 1.165) is 40.9 Å². The smallest absolute Gasteiger partial charge is 0.310 e. The fourth-order valence-electron chi connectivity index (χ4n) is 4.24. The van der Waals surface area contributed by atoms with Crippen LogP contribution in [0, 0.1) is 5.92 Å². The van der Waals surface area contributed by atoms with Gasteiger partial charge in [-0.25, -0.2) is 4.98 Å². The van der Waals surface area contributed by atoms with Gasteiger partial charge in [-0.2, -0.15) is 0 Å². The minimum atomic E-state index is -0.259. The molecule has 2 atom stereocenters. The van der Waals surface area contributed by atoms with Gasteiger partial charge in [0.1, 0.15) is 0 Å². The summed E-state index contributed by atoms with van der Waals surface area (Å²) in [7, 11) is 0. The van der Waals surface area contributed by atoms with Gasteiger partial charge in [-0.05, 0) is 52.7 Å². The second kappa shape index (κ2) is 9.03. The highest BCUT2D eigenvalue weighted by Gasteiger charge is 2.35. The number of hydrogen-bond acceptors (Lipinski definition) is 5. The summed E-state index contributed by atoms with van der Waals surface area (Å²) in [5.74, 6) is -0.524. The first kappa shape index (κ1) is 20.8. The number of benzene rings is 1. The molecular weight excluding hydrogens is 372 g/mol. The zero-order chi connectivity index (χ0) is 20.3. The predicted molar refractivity (Wildman–Crippen MR) is 112 cm³/mol. The Morgan fingerprint density at radius 2 is 1.82 bits per heavy atom. The second-order valence-electron chi connectivity index (χ2n) is 8.11. The molecule has 6 heteroatoms. The Hall–Kier alpha value is -1.95. The Morgan fingerprint density at radius 1 is 1.14 bits per heavy atom. The van der Waals surface area contributed by atoms with Crippen LogP contribution in [0.4, 0.5) is 0 Å². The van der Waals surface area contributed by atoms with Crippen molar-refractivity contribution in [1.82, 2.24) is 9.88 Å². The van der Waals surface area contributed by atoms with Gasteiger partial charge in [0.15, 0.2) is 6.61 Å². The molecule has 0 radical (unpaired) electrons. The Kier molecular flexibility index (Phi) is 6.70. The fourth-order valence-corrected chi connectivity index (χ4v) is 5.41. The number of ether oxygens (including phenoxy) is 1. The topological polar surface area (TPSA) is 59.5 Å². The number of nitrogens with zero attached hydrogens (tertiary/aromatic N) is 2. The normalized spacial score (nSPS) is 19.9. The number of amides is 1. The van der Waals surface area contributed by atoms with Gasteiger partial charge in [0.2, 0.25) is 0 Å². The monoisotopic (exact) mass is 402 g/mol. The third kappa shape index (κ3) is 4.54. The summed E-state index contributed by atoms with van der Waals surface area (Å²) in [4.78, 5) is 31.9. The standard InChI is InChI=1S/C22H30N2O3S/c1-14(2)24(15(3)4)20(25)13-27-22(26)17-10-6-5-9-16(17)21-23-18-11-7-8-12-19(18)28-21/h7-8,11-12,14-17H,5-6,9-10,13H2,1-4H3/t16-,17+/m0/s1. The average Bonchev–Trinajstić information content (AvgIpc) is 3.09. The van der Waals surface area contributed by atoms with E-state index >= 15 is 0 Å². The van der Waals surface area contributed by atoms with E-state index in [9.17, 15) is 9.59 Å². The van der Waals surface area contributed by atoms with E-state index in [1.54, 1.807) is 16.2 Å². The Morgan fingerprint density at radius 3 is 2.50 bits per heavy atom. The van der Waals surface area contributed by atoms with Crippen LogP contribution in [0.3, 0.4) is 0 Å². The first-order valence-corrected chi connectivity index (χ1v) is 11.0. The molecule has 1 aliphatic carbocycles. The largest absolute Gasteiger partial charge is 0.455 e. The van der Waals surface area contributed by atoms with Crippen molar-refractivity contribution in [2.75, 3.05) is 6.61 Å². The molecule has 1 aliphatic rings. The zero-order valence-corrected chi connectivity index (χ0v) is 18.0. The maximum atomic E-state index is 12.8. The Bertz CT molecular complexity index is 789. The third-order valence-electron chi connectivity index (χ3n) is 5.43. The molecule has 0 spiro atoms. The Balaban J connectivity index is 1.69. The number of hydrogen-bond donors (Lipinski definition) is 0. The first-order valence-electron chi connectivity index (χ1n) is 10.2. The van der Waals surface area contributed by atoms with E-state index in [1.807, 2.05) is 45.9 Å². The summed E-state index contributed by atoms with van der Waals surface area (Å²) in [6, 6.07) is 8.23. The van der Waals surface area contributed by atoms with Gasteiger partial charge in [0.05, 0.1) is 21.1 Å². The lowest BCUT2D eigenvalue weighted by molar-refractivity contribution is -0.158. The molecule has 1 aromatic carbocycles. The van der Waals surface area contributed by atoms with Crippen LogP contribution in [0.25, 0.3) is 10.2 Å². The molecule has 0 bridgehead atoms. The molecule has 5 nitrogen and oxygen atoms in total. The SMILES string of the molecule is CC(C)N(C(=O)COC(=O)[C@@H]1CCCC[C@@H]1c1nc2ccccc2s1)C(C)C. The lowest BCUT2D eigenvalue weighted by Gasteiger charge is -2.31. The number of para-hydroxylation sites is 1. The summed E-state index contributed by atoms with van der Waals surface area (Å²) >= 11 is 1.67. The van der Waals surface area contributed by atoms with Crippen LogP contribution in [0.2, 0.25) is 0 Å². The lowest BCUT2D eigenvalue weighted by atomic mass is 9.79. The molecular formula is C22H30N2O3S. The van der Waals surface area contributed by atoms with Crippen molar-refractivity contribution in [3.8, 4) is 0 Å². The van der Waals surface area contributed by atoms with Gasteiger partial charge < -0.3 is 9.64 Å². The van der Waals surface area contributed by atoms with Gasteiger partial charge >= 0.3 is 5.97 Å². The van der Waals surface area contributed by atoms with E-state index < -0.39 is 0 Å². The molecule has 0 unspecified atom stereocenters. The van der Waals surface area contributed by atoms with Gasteiger partial charge in [-0.1, -0.05) is 25.0 Å². The van der Waals surface area contributed by atoms with Crippen LogP contribution in [0.15, 0.2) is 24.3 Å². The summed E-state index contributed by atoms with van der Waals surface area (Å²) in [5.41, 5.74) is 0.986. The highest BCUT2D eigenvalue weighted by atomic mass is 32.1. The van der Waals surface area contributed by atoms with E-state index in [-0.39, 0.29) is 42.4 Å². The quantitative estimate of drug-likeness (QED) is 0.654. The minimum absolute atomic E-state index is 0.0800. The number of fused-ring (bicyclic) bond motifs is 1. The third-order valence-corrected chi connectivity index (χ3v) is 6.60. The number of carbonyl (C=O) groups excluding carboxylic acids is 2. The van der Waals surface area contributed by atoms with Crippen molar-refractivity contribution in [2.45, 2.75) is 71.4 Å². The van der Waals surface area contributed by atoms with Crippen molar-refractivity contribution in [1.29, 1.82) is 0 Å². The van der Waals surface area contributed by atoms with Crippen molar-refractivity contribution < 1.29 is 14.3 Å². The number of aromatic nitrogens is 1. The average molecular weight is 403 g/mol. The van der Waals surface area contributed by atoms with Gasteiger partial charge in [0.25, 0.3) is 5.91 Å². The molecule has 2 aromatic rings. The molecule has 1 heterocycles. The summed E-state index contributed by atoms with van der Waals surface area (Å²) < 4.78 is 6.65. The minimum Gasteiger partial charge on any atom is -0.455 e. The van der Waals surface area contributed by atoms with Crippen LogP contribution >= 0.6 is 11.3 Å². The van der Waals surface area contributed by atoms with Gasteiger partial charge in [-0.15, -0.1) is 11.3 Å². The summed E-state index contributed by atoms with van der Waals surface area (Å²) in [6.45, 7) is 7.72. The summed E-state index contributed by atoms with van der Waals surface area (Å²) in [6.07, 6.45) is 3.85. The molecule has 0 N–H and O–H groups in total. The number of esters is 1. The fraction of sp³-hybridized carbons (Fsp3) is 0.591. The van der Waals surface area contributed by atoms with E-state index in [1.165, 1.54) is 0 Å². The molecule has 0 saturated heterocycles. The molecule has 1 saturated carbocycles. The van der Waals surface area contributed by atoms with Gasteiger partial charge in [0, 0.05) is 18.0 Å². The summed E-state index contributed by atoms with van der Waals surface area (Å²) in [5, 5.41) is 1.01. The predicted octanol–water partition coefficient (Wildman–Crippen LogP) is 4.76. The van der Waals surface area contributed by atoms with Crippen LogP contribution in [-0.2, 0) is 14.3 Å². The molecule has 3 rings (SSSR count). The number of carbonyl (C=O) groups is 2. The van der Waals surface area contributed by atoms with Crippen LogP contribution in [-0.4, -0.2) is 40.5 Å². The van der Waals surface area contributed by atoms with E-state index in [0.29, 0.717) is 0 Å². The zero-order valence-electron chi connectivity index (χ0n) is 17.2. The molecule has 152 valence electrons. The second-order valence-corrected chi connectivity index (χ2v) is 9.18. The van der Waals surface area contributed by atoms with Crippen LogP contribution in [0.1, 0.15) is 64.3 Å². The van der Waals surface area contributed by atoms with E-state index in [2.05, 4.69) is 6.07 Å². The van der Waals surface area contributed by atoms with Crippen LogP contribution in [0.5, 0.6) is 0 Å². The highest BCUT2D eigenvalue weighted by molar-refractivity contribution is 7.18. The van der Waals surface area contributed by atoms with Crippen LogP contribution < -0.4 is 0 Å². The Labute approximate surface area is 171 Å². The van der Waals surface area contributed by atoms with Crippen molar-refractivity contribution in [3.05, 3.63) is 29.3 Å². The molecule has 1 fully saturated rings. The maximum Gasteiger partial charge on any atom is 0.310 e. The van der Waals surface area contributed by atoms with Crippen molar-refractivity contribution >= 4 is 33.4 Å². The maximum absolute atomic E-state index is 12.8. The van der Waals surface area contributed by atoms with E-state index in [4.69, 9.17) is 9.72 Å². The van der Waals surface area contributed by atoms with Crippen molar-refractivity contribution in [2.24, 2.45) is 5.92 Å². The molecule has 28 heavy (non-hydrogen) atoms. The molecule has 1 aromatic heterocycles.